The average molecular weight is 349 g/mol. The van der Waals surface area contributed by atoms with Crippen LogP contribution in [0.15, 0.2) is 24.3 Å². The van der Waals surface area contributed by atoms with Crippen LogP contribution in [0.25, 0.3) is 0 Å². The van der Waals surface area contributed by atoms with E-state index in [1.807, 2.05) is 18.2 Å². The van der Waals surface area contributed by atoms with Gasteiger partial charge < -0.3 is 9.80 Å². The summed E-state index contributed by atoms with van der Waals surface area (Å²) in [7, 11) is 0. The Morgan fingerprint density at radius 2 is 1.96 bits per heavy atom. The monoisotopic (exact) mass is 348 g/mol. The Labute approximate surface area is 146 Å². The van der Waals surface area contributed by atoms with E-state index >= 15 is 0 Å². The molecule has 4 rings (SSSR count). The molecule has 0 spiro atoms. The smallest absolute Gasteiger partial charge is 0.246 e. The molecule has 2 saturated heterocycles. The number of para-hydroxylation sites is 1. The van der Waals surface area contributed by atoms with Crippen LogP contribution < -0.4 is 15.8 Å². The summed E-state index contributed by atoms with van der Waals surface area (Å²) in [4.78, 5) is 28.5. The Balaban J connectivity index is 1.38. The number of carbonyl (C=O) groups is 2. The van der Waals surface area contributed by atoms with Crippen molar-refractivity contribution < 1.29 is 9.59 Å². The lowest BCUT2D eigenvalue weighted by atomic mass is 10.1. The third-order valence-electron chi connectivity index (χ3n) is 5.10. The van der Waals surface area contributed by atoms with Gasteiger partial charge in [0.2, 0.25) is 11.8 Å². The molecule has 2 atom stereocenters. The van der Waals surface area contributed by atoms with Crippen LogP contribution in [0.5, 0.6) is 0 Å². The number of rotatable bonds is 3. The molecule has 2 unspecified atom stereocenters. The number of nitrogens with zero attached hydrogens (tertiary/aromatic N) is 2. The van der Waals surface area contributed by atoms with Crippen LogP contribution in [0.4, 0.5) is 5.69 Å². The molecular formula is C17H21ClN4O2. The zero-order valence-corrected chi connectivity index (χ0v) is 14.1. The lowest BCUT2D eigenvalue weighted by Gasteiger charge is -2.35. The lowest BCUT2D eigenvalue weighted by molar-refractivity contribution is -0.138. The fourth-order valence-electron chi connectivity index (χ4n) is 3.56. The topological polar surface area (TPSA) is 64.7 Å². The molecule has 0 radical (unpaired) electrons. The van der Waals surface area contributed by atoms with Crippen LogP contribution in [0, 0.1) is 5.92 Å². The second kappa shape index (κ2) is 6.35. The van der Waals surface area contributed by atoms with E-state index in [9.17, 15) is 9.59 Å². The Morgan fingerprint density at radius 1 is 1.17 bits per heavy atom. The molecule has 2 N–H and O–H groups in total. The average Bonchev–Trinajstić information content (AvgIpc) is 3.32. The number of nitrogens with one attached hydrogen (secondary N) is 2. The number of hydrogen-bond acceptors (Lipinski definition) is 4. The summed E-state index contributed by atoms with van der Waals surface area (Å²) in [5.74, 6) is 0.624. The third-order valence-corrected chi connectivity index (χ3v) is 5.42. The molecule has 1 aromatic carbocycles. The van der Waals surface area contributed by atoms with E-state index < -0.39 is 0 Å². The van der Waals surface area contributed by atoms with Crippen molar-refractivity contribution in [3.8, 4) is 0 Å². The molecular weight excluding hydrogens is 328 g/mol. The van der Waals surface area contributed by atoms with E-state index in [0.717, 1.165) is 6.42 Å². The second-order valence-electron chi connectivity index (χ2n) is 6.78. The highest BCUT2D eigenvalue weighted by atomic mass is 35.5. The number of piperazine rings is 1. The first-order valence-electron chi connectivity index (χ1n) is 8.48. The first-order chi connectivity index (χ1) is 11.6. The number of benzene rings is 1. The highest BCUT2D eigenvalue weighted by molar-refractivity contribution is 6.33. The van der Waals surface area contributed by atoms with E-state index in [1.165, 1.54) is 12.8 Å². The largest absolute Gasteiger partial charge is 0.330 e. The molecule has 1 aromatic rings. The van der Waals surface area contributed by atoms with Crippen molar-refractivity contribution in [3.05, 3.63) is 29.3 Å². The molecule has 7 heteroatoms. The Bertz CT molecular complexity index is 664. The van der Waals surface area contributed by atoms with Crippen molar-refractivity contribution in [1.82, 2.24) is 15.8 Å². The summed E-state index contributed by atoms with van der Waals surface area (Å²) < 4.78 is 0. The first-order valence-corrected chi connectivity index (χ1v) is 8.86. The number of anilines is 1. The summed E-state index contributed by atoms with van der Waals surface area (Å²) >= 11 is 6.18. The number of amides is 2. The minimum Gasteiger partial charge on any atom is -0.330 e. The SMILES string of the molecule is O=C(C1CC(C2CC2)NN1)N1CCN(c2ccccc2Cl)C(=O)C1. The number of halogens is 1. The Kier molecular flexibility index (Phi) is 4.20. The van der Waals surface area contributed by atoms with Gasteiger partial charge in [0.15, 0.2) is 0 Å². The molecule has 128 valence electrons. The van der Waals surface area contributed by atoms with Gasteiger partial charge in [-0.1, -0.05) is 23.7 Å². The maximum absolute atomic E-state index is 12.7. The molecule has 1 aliphatic carbocycles. The summed E-state index contributed by atoms with van der Waals surface area (Å²) in [5, 5.41) is 0.555. The van der Waals surface area contributed by atoms with Crippen molar-refractivity contribution in [3.63, 3.8) is 0 Å². The Morgan fingerprint density at radius 3 is 2.67 bits per heavy atom. The Hall–Kier alpha value is -1.63. The zero-order valence-electron chi connectivity index (χ0n) is 13.4. The van der Waals surface area contributed by atoms with E-state index in [4.69, 9.17) is 11.6 Å². The van der Waals surface area contributed by atoms with Gasteiger partial charge >= 0.3 is 0 Å². The van der Waals surface area contributed by atoms with Crippen LogP contribution in [0.3, 0.4) is 0 Å². The van der Waals surface area contributed by atoms with Crippen LogP contribution in [0.2, 0.25) is 5.02 Å². The zero-order chi connectivity index (χ0) is 16.7. The summed E-state index contributed by atoms with van der Waals surface area (Å²) in [6.07, 6.45) is 3.30. The van der Waals surface area contributed by atoms with E-state index in [-0.39, 0.29) is 24.4 Å². The fourth-order valence-corrected chi connectivity index (χ4v) is 3.80. The molecule has 2 aliphatic heterocycles. The van der Waals surface area contributed by atoms with E-state index in [0.29, 0.717) is 35.8 Å². The summed E-state index contributed by atoms with van der Waals surface area (Å²) in [5.41, 5.74) is 7.05. The van der Waals surface area contributed by atoms with Crippen molar-refractivity contribution in [2.75, 3.05) is 24.5 Å². The van der Waals surface area contributed by atoms with Gasteiger partial charge in [-0.3, -0.25) is 15.0 Å². The first kappa shape index (κ1) is 15.9. The highest BCUT2D eigenvalue weighted by Crippen LogP contribution is 2.36. The van der Waals surface area contributed by atoms with Gasteiger partial charge in [-0.05, 0) is 37.3 Å². The molecule has 6 nitrogen and oxygen atoms in total. The van der Waals surface area contributed by atoms with Gasteiger partial charge in [0, 0.05) is 19.1 Å². The van der Waals surface area contributed by atoms with Gasteiger partial charge in [0.05, 0.1) is 10.7 Å². The molecule has 3 aliphatic rings. The molecule has 0 bridgehead atoms. The van der Waals surface area contributed by atoms with Crippen molar-refractivity contribution >= 4 is 29.1 Å². The summed E-state index contributed by atoms with van der Waals surface area (Å²) in [6, 6.07) is 7.46. The van der Waals surface area contributed by atoms with Gasteiger partial charge in [0.1, 0.15) is 12.6 Å². The molecule has 0 aromatic heterocycles. The molecule has 3 fully saturated rings. The number of hydrogen-bond donors (Lipinski definition) is 2. The van der Waals surface area contributed by atoms with Gasteiger partial charge in [-0.25, -0.2) is 5.43 Å². The normalized spacial score (nSPS) is 27.6. The van der Waals surface area contributed by atoms with Crippen LogP contribution in [-0.2, 0) is 9.59 Å². The standard InChI is InChI=1S/C17H21ClN4O2/c18-12-3-1-2-4-15(12)22-8-7-21(10-16(22)23)17(24)14-9-13(19-20-14)11-5-6-11/h1-4,11,13-14,19-20H,5-10H2. The predicted molar refractivity (Wildman–Crippen MR) is 91.6 cm³/mol. The third kappa shape index (κ3) is 3.01. The fraction of sp³-hybridized carbons (Fsp3) is 0.529. The van der Waals surface area contributed by atoms with Gasteiger partial charge in [-0.15, -0.1) is 0 Å². The number of hydrazine groups is 1. The van der Waals surface area contributed by atoms with Crippen LogP contribution in [0.1, 0.15) is 19.3 Å². The van der Waals surface area contributed by atoms with Gasteiger partial charge in [-0.2, -0.15) is 0 Å². The lowest BCUT2D eigenvalue weighted by Crippen LogP contribution is -2.56. The second-order valence-corrected chi connectivity index (χ2v) is 7.18. The van der Waals surface area contributed by atoms with E-state index in [1.54, 1.807) is 15.9 Å². The predicted octanol–water partition coefficient (Wildman–Crippen LogP) is 1.16. The van der Waals surface area contributed by atoms with Crippen molar-refractivity contribution in [2.24, 2.45) is 5.92 Å². The summed E-state index contributed by atoms with van der Waals surface area (Å²) in [6.45, 7) is 1.11. The maximum Gasteiger partial charge on any atom is 0.246 e. The minimum absolute atomic E-state index is 0.0119. The number of carbonyl (C=O) groups excluding carboxylic acids is 2. The van der Waals surface area contributed by atoms with Gasteiger partial charge in [0.25, 0.3) is 0 Å². The van der Waals surface area contributed by atoms with Crippen molar-refractivity contribution in [1.29, 1.82) is 0 Å². The van der Waals surface area contributed by atoms with Crippen molar-refractivity contribution in [2.45, 2.75) is 31.3 Å². The minimum atomic E-state index is -0.227. The van der Waals surface area contributed by atoms with Crippen LogP contribution in [-0.4, -0.2) is 48.4 Å². The molecule has 24 heavy (non-hydrogen) atoms. The van der Waals surface area contributed by atoms with Crippen LogP contribution >= 0.6 is 11.6 Å². The maximum atomic E-state index is 12.7. The molecule has 2 amide bonds. The molecule has 2 heterocycles. The van der Waals surface area contributed by atoms with E-state index in [2.05, 4.69) is 10.9 Å². The molecule has 1 saturated carbocycles. The quantitative estimate of drug-likeness (QED) is 0.860. The highest BCUT2D eigenvalue weighted by Gasteiger charge is 2.41.